The average molecular weight is 432 g/mol. The number of carbonyl (C=O) groups is 2. The Balaban J connectivity index is 2.08. The fourth-order valence-electron chi connectivity index (χ4n) is 2.83. The number of benzene rings is 1. The van der Waals surface area contributed by atoms with Gasteiger partial charge in [0.1, 0.15) is 5.75 Å². The molecule has 0 spiro atoms. The number of sulfone groups is 1. The summed E-state index contributed by atoms with van der Waals surface area (Å²) in [7, 11) is -3.08. The van der Waals surface area contributed by atoms with Gasteiger partial charge in [0.05, 0.1) is 17.1 Å². The summed E-state index contributed by atoms with van der Waals surface area (Å²) in [4.78, 5) is 25.4. The van der Waals surface area contributed by atoms with E-state index in [0.717, 1.165) is 4.47 Å². The van der Waals surface area contributed by atoms with Gasteiger partial charge in [0, 0.05) is 17.1 Å². The van der Waals surface area contributed by atoms with Crippen molar-refractivity contribution in [2.24, 2.45) is 5.92 Å². The lowest BCUT2D eigenvalue weighted by Crippen LogP contribution is -2.45. The topological polar surface area (TPSA) is 80.8 Å². The van der Waals surface area contributed by atoms with E-state index in [4.69, 9.17) is 4.74 Å². The molecule has 0 bridgehead atoms. The second kappa shape index (κ2) is 8.31. The fourth-order valence-corrected chi connectivity index (χ4v) is 4.94. The molecular formula is C17H22BrNO5S. The molecular weight excluding hydrogens is 410 g/mol. The molecule has 0 unspecified atom stereocenters. The highest BCUT2D eigenvalue weighted by Crippen LogP contribution is 2.23. The summed E-state index contributed by atoms with van der Waals surface area (Å²) in [6.07, 6.45) is 1.12. The van der Waals surface area contributed by atoms with Gasteiger partial charge >= 0.3 is 0 Å². The van der Waals surface area contributed by atoms with Crippen LogP contribution in [0.1, 0.15) is 30.6 Å². The van der Waals surface area contributed by atoms with Gasteiger partial charge in [0.25, 0.3) is 5.91 Å². The van der Waals surface area contributed by atoms with Crippen LogP contribution in [0.15, 0.2) is 22.7 Å². The Bertz CT molecular complexity index is 747. The fraction of sp³-hybridized carbons (Fsp3) is 0.529. The van der Waals surface area contributed by atoms with E-state index < -0.39 is 9.84 Å². The van der Waals surface area contributed by atoms with Crippen LogP contribution in [0.3, 0.4) is 0 Å². The minimum absolute atomic E-state index is 0.00331. The number of nitrogens with zero attached hydrogens (tertiary/aromatic N) is 1. The Morgan fingerprint density at radius 1 is 1.44 bits per heavy atom. The van der Waals surface area contributed by atoms with E-state index in [1.54, 1.807) is 23.1 Å². The number of amides is 1. The normalized spacial score (nSPS) is 19.0. The number of aldehydes is 1. The van der Waals surface area contributed by atoms with Crippen molar-refractivity contribution < 1.29 is 22.7 Å². The minimum Gasteiger partial charge on any atom is -0.483 e. The van der Waals surface area contributed by atoms with Gasteiger partial charge in [0.15, 0.2) is 22.7 Å². The van der Waals surface area contributed by atoms with Crippen molar-refractivity contribution in [2.75, 3.05) is 24.7 Å². The molecule has 0 saturated carbocycles. The lowest BCUT2D eigenvalue weighted by molar-refractivity contribution is -0.135. The molecule has 2 rings (SSSR count). The number of hydrogen-bond donors (Lipinski definition) is 0. The molecule has 1 atom stereocenters. The number of hydrogen-bond acceptors (Lipinski definition) is 5. The molecule has 1 aromatic rings. The first-order chi connectivity index (χ1) is 11.7. The van der Waals surface area contributed by atoms with E-state index in [0.29, 0.717) is 30.6 Å². The first-order valence-electron chi connectivity index (χ1n) is 8.09. The van der Waals surface area contributed by atoms with Crippen LogP contribution in [0.4, 0.5) is 0 Å². The minimum atomic E-state index is -3.08. The Hall–Kier alpha value is -1.41. The largest absolute Gasteiger partial charge is 0.483 e. The molecule has 1 aliphatic rings. The van der Waals surface area contributed by atoms with Crippen LogP contribution < -0.4 is 4.74 Å². The number of ether oxygens (including phenoxy) is 1. The molecule has 0 radical (unpaired) electrons. The molecule has 1 saturated heterocycles. The Morgan fingerprint density at radius 2 is 2.16 bits per heavy atom. The van der Waals surface area contributed by atoms with Crippen molar-refractivity contribution >= 4 is 38.0 Å². The summed E-state index contributed by atoms with van der Waals surface area (Å²) in [6, 6.07) is 4.65. The number of halogens is 1. The van der Waals surface area contributed by atoms with Crippen molar-refractivity contribution in [3.05, 3.63) is 28.2 Å². The highest BCUT2D eigenvalue weighted by molar-refractivity contribution is 9.10. The molecule has 138 valence electrons. The van der Waals surface area contributed by atoms with Crippen molar-refractivity contribution in [2.45, 2.75) is 26.3 Å². The van der Waals surface area contributed by atoms with Crippen LogP contribution in [0.2, 0.25) is 0 Å². The standard InChI is InChI=1S/C17H22BrNO5S/c1-12(2)8-19(15-5-6-25(22,23)11-15)17(21)10-24-16-4-3-14(18)7-13(16)9-20/h3-4,7,9,12,15H,5-6,8,10-11H2,1-2H3/t15-/m1/s1. The maximum absolute atomic E-state index is 12.6. The lowest BCUT2D eigenvalue weighted by atomic mass is 10.1. The van der Waals surface area contributed by atoms with Gasteiger partial charge in [-0.1, -0.05) is 29.8 Å². The highest BCUT2D eigenvalue weighted by Gasteiger charge is 2.35. The zero-order valence-corrected chi connectivity index (χ0v) is 16.7. The summed E-state index contributed by atoms with van der Waals surface area (Å²) < 4.78 is 29.7. The Labute approximate surface area is 156 Å². The average Bonchev–Trinajstić information content (AvgIpc) is 2.90. The molecule has 1 amide bonds. The molecule has 0 aliphatic carbocycles. The predicted octanol–water partition coefficient (Wildman–Crippen LogP) is 2.31. The summed E-state index contributed by atoms with van der Waals surface area (Å²) in [5.41, 5.74) is 0.348. The maximum Gasteiger partial charge on any atom is 0.260 e. The molecule has 6 nitrogen and oxygen atoms in total. The number of carbonyl (C=O) groups excluding carboxylic acids is 2. The smallest absolute Gasteiger partial charge is 0.260 e. The van der Waals surface area contributed by atoms with Crippen LogP contribution in [-0.4, -0.2) is 56.2 Å². The van der Waals surface area contributed by atoms with Crippen molar-refractivity contribution in [3.63, 3.8) is 0 Å². The Kier molecular flexibility index (Phi) is 6.62. The van der Waals surface area contributed by atoms with E-state index in [1.807, 2.05) is 13.8 Å². The maximum atomic E-state index is 12.6. The molecule has 1 heterocycles. The van der Waals surface area contributed by atoms with Crippen LogP contribution in [-0.2, 0) is 14.6 Å². The summed E-state index contributed by atoms with van der Waals surface area (Å²) in [5, 5.41) is 0. The second-order valence-electron chi connectivity index (χ2n) is 6.59. The van der Waals surface area contributed by atoms with Gasteiger partial charge in [-0.15, -0.1) is 0 Å². The molecule has 0 aromatic heterocycles. The highest BCUT2D eigenvalue weighted by atomic mass is 79.9. The molecule has 1 aliphatic heterocycles. The summed E-state index contributed by atoms with van der Waals surface area (Å²) in [6.45, 7) is 4.20. The third-order valence-corrected chi connectivity index (χ3v) is 6.22. The van der Waals surface area contributed by atoms with Gasteiger partial charge in [-0.25, -0.2) is 8.42 Å². The van der Waals surface area contributed by atoms with Crippen LogP contribution in [0.5, 0.6) is 5.75 Å². The van der Waals surface area contributed by atoms with Gasteiger partial charge in [-0.2, -0.15) is 0 Å². The second-order valence-corrected chi connectivity index (χ2v) is 9.73. The van der Waals surface area contributed by atoms with Gasteiger partial charge in [-0.05, 0) is 30.5 Å². The van der Waals surface area contributed by atoms with Crippen molar-refractivity contribution in [1.29, 1.82) is 0 Å². The molecule has 1 fully saturated rings. The van der Waals surface area contributed by atoms with Gasteiger partial charge < -0.3 is 9.64 Å². The van der Waals surface area contributed by atoms with Crippen molar-refractivity contribution in [1.82, 2.24) is 4.90 Å². The third-order valence-electron chi connectivity index (χ3n) is 3.98. The lowest BCUT2D eigenvalue weighted by Gasteiger charge is -2.30. The molecule has 1 aromatic carbocycles. The van der Waals surface area contributed by atoms with E-state index in [-0.39, 0.29) is 36.0 Å². The predicted molar refractivity (Wildman–Crippen MR) is 98.6 cm³/mol. The number of rotatable bonds is 7. The summed E-state index contributed by atoms with van der Waals surface area (Å²) >= 11 is 3.28. The van der Waals surface area contributed by atoms with E-state index in [2.05, 4.69) is 15.9 Å². The zero-order valence-electron chi connectivity index (χ0n) is 14.3. The van der Waals surface area contributed by atoms with Crippen LogP contribution in [0, 0.1) is 5.92 Å². The van der Waals surface area contributed by atoms with Crippen LogP contribution in [0.25, 0.3) is 0 Å². The first kappa shape index (κ1) is 19.9. The monoisotopic (exact) mass is 431 g/mol. The van der Waals surface area contributed by atoms with Crippen molar-refractivity contribution in [3.8, 4) is 5.75 Å². The van der Waals surface area contributed by atoms with Crippen LogP contribution >= 0.6 is 15.9 Å². The van der Waals surface area contributed by atoms with Gasteiger partial charge in [-0.3, -0.25) is 9.59 Å². The molecule has 0 N–H and O–H groups in total. The zero-order chi connectivity index (χ0) is 18.6. The van der Waals surface area contributed by atoms with E-state index in [9.17, 15) is 18.0 Å². The Morgan fingerprint density at radius 3 is 2.72 bits per heavy atom. The van der Waals surface area contributed by atoms with Gasteiger partial charge in [0.2, 0.25) is 0 Å². The van der Waals surface area contributed by atoms with E-state index in [1.165, 1.54) is 0 Å². The molecule has 25 heavy (non-hydrogen) atoms. The summed E-state index contributed by atoms with van der Waals surface area (Å²) in [5.74, 6) is 0.391. The quantitative estimate of drug-likeness (QED) is 0.618. The SMILES string of the molecule is CC(C)CN(C(=O)COc1ccc(Br)cc1C=O)[C@@H]1CCS(=O)(=O)C1. The first-order valence-corrected chi connectivity index (χ1v) is 10.7. The van der Waals surface area contributed by atoms with E-state index >= 15 is 0 Å². The molecule has 8 heteroatoms. The third kappa shape index (κ3) is 5.54.